The van der Waals surface area contributed by atoms with Crippen LogP contribution in [0.1, 0.15) is 78.1 Å². The monoisotopic (exact) mass is 559 g/mol. The van der Waals surface area contributed by atoms with Gasteiger partial charge in [-0.15, -0.1) is 0 Å². The Labute approximate surface area is 234 Å². The van der Waals surface area contributed by atoms with Crippen LogP contribution in [0.4, 0.5) is 13.2 Å². The molecule has 2 aliphatic heterocycles. The van der Waals surface area contributed by atoms with Crippen LogP contribution >= 0.6 is 0 Å². The Morgan fingerprint density at radius 1 is 1.10 bits per heavy atom. The number of hydrogen-bond acceptors (Lipinski definition) is 6. The number of fused-ring (bicyclic) bond motifs is 1. The van der Waals surface area contributed by atoms with Gasteiger partial charge in [-0.3, -0.25) is 14.6 Å². The Bertz CT molecular complexity index is 1220. The van der Waals surface area contributed by atoms with E-state index >= 15 is 0 Å². The molecule has 2 fully saturated rings. The molecule has 40 heavy (non-hydrogen) atoms. The lowest BCUT2D eigenvalue weighted by Crippen LogP contribution is -2.62. The van der Waals surface area contributed by atoms with Crippen LogP contribution < -0.4 is 0 Å². The smallest absolute Gasteiger partial charge is 0.376 e. The van der Waals surface area contributed by atoms with Crippen molar-refractivity contribution in [1.82, 2.24) is 24.7 Å². The minimum Gasteiger partial charge on any atom is -0.376 e. The lowest BCUT2D eigenvalue weighted by Gasteiger charge is -2.53. The predicted octanol–water partition coefficient (Wildman–Crippen LogP) is 4.82. The molecule has 0 bridgehead atoms. The van der Waals surface area contributed by atoms with Crippen LogP contribution in [0.25, 0.3) is 0 Å². The zero-order chi connectivity index (χ0) is 28.8. The first-order chi connectivity index (χ1) is 18.9. The second-order valence-corrected chi connectivity index (χ2v) is 11.8. The highest BCUT2D eigenvalue weighted by Gasteiger charge is 2.45. The van der Waals surface area contributed by atoms with Gasteiger partial charge in [0.15, 0.2) is 0 Å². The summed E-state index contributed by atoms with van der Waals surface area (Å²) in [5, 5.41) is 0. The Morgan fingerprint density at radius 3 is 2.38 bits per heavy atom. The van der Waals surface area contributed by atoms with Crippen LogP contribution in [0.3, 0.4) is 0 Å². The number of aryl methyl sites for hydroxylation is 2. The number of amides is 1. The van der Waals surface area contributed by atoms with Crippen LogP contribution in [-0.2, 0) is 17.3 Å². The zero-order valence-electron chi connectivity index (χ0n) is 24.1. The third-order valence-electron chi connectivity index (χ3n) is 9.31. The highest BCUT2D eigenvalue weighted by Crippen LogP contribution is 2.43. The fourth-order valence-corrected chi connectivity index (χ4v) is 6.98. The molecule has 10 heteroatoms. The number of nitrogens with zero attached hydrogens (tertiary/aromatic N) is 5. The van der Waals surface area contributed by atoms with Crippen molar-refractivity contribution in [3.8, 4) is 0 Å². The van der Waals surface area contributed by atoms with E-state index in [1.165, 1.54) is 18.5 Å². The molecule has 3 aliphatic rings. The van der Waals surface area contributed by atoms with Gasteiger partial charge in [0.2, 0.25) is 0 Å². The summed E-state index contributed by atoms with van der Waals surface area (Å²) in [4.78, 5) is 28.6. The van der Waals surface area contributed by atoms with Crippen LogP contribution in [-0.4, -0.2) is 87.6 Å². The van der Waals surface area contributed by atoms with Crippen molar-refractivity contribution in [1.29, 1.82) is 0 Å². The van der Waals surface area contributed by atoms with Gasteiger partial charge in [-0.1, -0.05) is 6.07 Å². The number of carbonyl (C=O) groups is 1. The van der Waals surface area contributed by atoms with Crippen molar-refractivity contribution >= 4 is 5.91 Å². The first-order valence-electron chi connectivity index (χ1n) is 14.3. The molecular weight excluding hydrogens is 519 g/mol. The summed E-state index contributed by atoms with van der Waals surface area (Å²) in [5.74, 6) is 0.00591. The summed E-state index contributed by atoms with van der Waals surface area (Å²) in [6, 6.07) is 4.33. The summed E-state index contributed by atoms with van der Waals surface area (Å²) < 4.78 is 46.3. The van der Waals surface area contributed by atoms with Crippen molar-refractivity contribution in [2.75, 3.05) is 39.3 Å². The topological polar surface area (TPSA) is 61.8 Å². The van der Waals surface area contributed by atoms with E-state index in [1.54, 1.807) is 6.07 Å². The van der Waals surface area contributed by atoms with E-state index in [0.29, 0.717) is 43.1 Å². The summed E-state index contributed by atoms with van der Waals surface area (Å²) in [5.41, 5.74) is 3.11. The molecule has 2 aromatic rings. The molecule has 0 saturated carbocycles. The molecule has 3 atom stereocenters. The number of halogens is 3. The maximum atomic E-state index is 13.4. The third kappa shape index (κ3) is 5.37. The first kappa shape index (κ1) is 29.0. The number of alkyl halides is 3. The number of hydrogen-bond donors (Lipinski definition) is 0. The second kappa shape index (κ2) is 11.0. The van der Waals surface area contributed by atoms with E-state index in [4.69, 9.17) is 4.74 Å². The van der Waals surface area contributed by atoms with Gasteiger partial charge in [0.1, 0.15) is 6.33 Å². The van der Waals surface area contributed by atoms with Gasteiger partial charge in [0, 0.05) is 57.3 Å². The largest absolute Gasteiger partial charge is 0.416 e. The molecule has 1 amide bonds. The van der Waals surface area contributed by atoms with E-state index in [1.807, 2.05) is 25.7 Å². The zero-order valence-corrected chi connectivity index (χ0v) is 24.1. The molecule has 3 heterocycles. The molecule has 1 aromatic heterocycles. The third-order valence-corrected chi connectivity index (χ3v) is 9.31. The van der Waals surface area contributed by atoms with Crippen molar-refractivity contribution < 1.29 is 22.7 Å². The molecule has 0 radical (unpaired) electrons. The second-order valence-electron chi connectivity index (χ2n) is 11.8. The number of aromatic nitrogens is 2. The predicted molar refractivity (Wildman–Crippen MR) is 146 cm³/mol. The highest BCUT2D eigenvalue weighted by molar-refractivity contribution is 5.96. The van der Waals surface area contributed by atoms with Crippen molar-refractivity contribution in [3.05, 3.63) is 58.2 Å². The van der Waals surface area contributed by atoms with Gasteiger partial charge >= 0.3 is 6.18 Å². The number of rotatable bonds is 5. The number of likely N-dealkylation sites (tertiary alicyclic amines) is 1. The number of carbonyl (C=O) groups excluding carboxylic acids is 1. The number of piperazine rings is 1. The molecule has 1 aliphatic carbocycles. The average Bonchev–Trinajstić information content (AvgIpc) is 3.25. The summed E-state index contributed by atoms with van der Waals surface area (Å²) >= 11 is 0. The van der Waals surface area contributed by atoms with Gasteiger partial charge < -0.3 is 9.64 Å². The molecule has 5 rings (SSSR count). The van der Waals surface area contributed by atoms with E-state index in [-0.39, 0.29) is 29.6 Å². The Kier molecular flexibility index (Phi) is 7.98. The fraction of sp³-hybridized carbons (Fsp3) is 0.633. The van der Waals surface area contributed by atoms with Crippen LogP contribution in [0.2, 0.25) is 0 Å². The molecule has 0 N–H and O–H groups in total. The normalized spacial score (nSPS) is 25.7. The van der Waals surface area contributed by atoms with Gasteiger partial charge in [-0.25, -0.2) is 9.97 Å². The van der Waals surface area contributed by atoms with Gasteiger partial charge in [0.25, 0.3) is 5.91 Å². The van der Waals surface area contributed by atoms with E-state index in [9.17, 15) is 18.0 Å². The lowest BCUT2D eigenvalue weighted by molar-refractivity contribution is -0.137. The van der Waals surface area contributed by atoms with Crippen LogP contribution in [0, 0.1) is 13.8 Å². The van der Waals surface area contributed by atoms with Crippen molar-refractivity contribution in [2.24, 2.45) is 0 Å². The van der Waals surface area contributed by atoms with Crippen molar-refractivity contribution in [2.45, 2.75) is 83.8 Å². The van der Waals surface area contributed by atoms with E-state index in [0.717, 1.165) is 43.6 Å². The standard InChI is InChI=1S/C30H40F3N5O2/c1-6-40-25-16-22-15-23(30(31,32)33)7-8-24(22)27(25)38-14-13-37(17-19(38)2)29(5)9-11-36(12-10-29)28(39)26-20(3)34-18-35-21(26)4/h7-8,15,18-19,25,27H,6,9-14,16-17H2,1-5H3. The molecule has 2 saturated heterocycles. The fourth-order valence-electron chi connectivity index (χ4n) is 6.98. The van der Waals surface area contributed by atoms with Crippen LogP contribution in [0.15, 0.2) is 24.5 Å². The molecule has 3 unspecified atom stereocenters. The van der Waals surface area contributed by atoms with Gasteiger partial charge in [-0.2, -0.15) is 13.2 Å². The molecular formula is C30H40F3N5O2. The van der Waals surface area contributed by atoms with Gasteiger partial charge in [0.05, 0.1) is 34.7 Å². The van der Waals surface area contributed by atoms with E-state index in [2.05, 4.69) is 33.6 Å². The van der Waals surface area contributed by atoms with Crippen LogP contribution in [0.5, 0.6) is 0 Å². The highest BCUT2D eigenvalue weighted by atomic mass is 19.4. The first-order valence-corrected chi connectivity index (χ1v) is 14.3. The lowest BCUT2D eigenvalue weighted by atomic mass is 9.86. The number of ether oxygens (including phenoxy) is 1. The maximum Gasteiger partial charge on any atom is 0.416 e. The number of benzene rings is 1. The minimum absolute atomic E-state index is 0.00591. The Balaban J connectivity index is 1.26. The summed E-state index contributed by atoms with van der Waals surface area (Å²) in [7, 11) is 0. The average molecular weight is 560 g/mol. The molecule has 7 nitrogen and oxygen atoms in total. The Morgan fingerprint density at radius 2 is 1.77 bits per heavy atom. The van der Waals surface area contributed by atoms with Crippen molar-refractivity contribution in [3.63, 3.8) is 0 Å². The quantitative estimate of drug-likeness (QED) is 0.524. The maximum absolute atomic E-state index is 13.4. The minimum atomic E-state index is -4.35. The number of piperidine rings is 1. The molecule has 1 aromatic carbocycles. The van der Waals surface area contributed by atoms with Gasteiger partial charge in [-0.05, 0) is 70.7 Å². The summed E-state index contributed by atoms with van der Waals surface area (Å²) in [6.45, 7) is 14.6. The molecule has 218 valence electrons. The summed E-state index contributed by atoms with van der Waals surface area (Å²) in [6.07, 6.45) is -0.754. The molecule has 0 spiro atoms. The Hall–Kier alpha value is -2.56. The van der Waals surface area contributed by atoms with E-state index < -0.39 is 11.7 Å². The SMILES string of the molecule is CCOC1Cc2cc(C(F)(F)F)ccc2C1N1CCN(C2(C)CCN(C(=O)c3c(C)ncnc3C)CC2)CC1C.